The van der Waals surface area contributed by atoms with Gasteiger partial charge in [-0.3, -0.25) is 0 Å². The molecule has 0 bridgehead atoms. The van der Waals surface area contributed by atoms with Gasteiger partial charge in [0.2, 0.25) is 0 Å². The maximum atomic E-state index is 7.04. The summed E-state index contributed by atoms with van der Waals surface area (Å²) in [4.78, 5) is 4.87. The van der Waals surface area contributed by atoms with E-state index in [1.165, 1.54) is 96.1 Å². The van der Waals surface area contributed by atoms with Crippen molar-refractivity contribution >= 4 is 168 Å². The van der Waals surface area contributed by atoms with Crippen LogP contribution in [-0.2, 0) is 0 Å². The number of anilines is 6. The van der Waals surface area contributed by atoms with Crippen molar-refractivity contribution in [1.82, 2.24) is 0 Å². The van der Waals surface area contributed by atoms with Crippen molar-refractivity contribution in [2.45, 2.75) is 39.5 Å². The molecular weight excluding hydrogens is 1530 g/mol. The van der Waals surface area contributed by atoms with E-state index >= 15 is 0 Å². The van der Waals surface area contributed by atoms with Gasteiger partial charge in [0.25, 0.3) is 0 Å². The minimum Gasteiger partial charge on any atom is -0.454 e. The number of rotatable bonds is 20. The normalized spacial score (nSPS) is 12.0. The maximum absolute atomic E-state index is 7.04. The predicted molar refractivity (Wildman–Crippen MR) is 531 cm³/mol. The number of nitrogens with zero attached hydrogens (tertiary/aromatic N) is 2. The van der Waals surface area contributed by atoms with Crippen molar-refractivity contribution in [3.63, 3.8) is 0 Å². The molecule has 0 radical (unpaired) electrons. The van der Waals surface area contributed by atoms with Gasteiger partial charge in [-0.05, 0) is 203 Å². The van der Waals surface area contributed by atoms with Crippen LogP contribution < -0.4 is 51.3 Å². The molecule has 0 aliphatic rings. The molecule has 0 aliphatic carbocycles. The molecule has 0 unspecified atom stereocenters. The van der Waals surface area contributed by atoms with Crippen LogP contribution in [0, 0.1) is 0 Å². The van der Waals surface area contributed by atoms with Crippen LogP contribution in [0.4, 0.5) is 34.1 Å². The molecule has 590 valence electrons. The van der Waals surface area contributed by atoms with Crippen LogP contribution in [-0.4, -0.2) is 16.1 Å². The second-order valence-electron chi connectivity index (χ2n) is 33.6. The quantitative estimate of drug-likeness (QED) is 0.0433. The molecule has 0 saturated heterocycles. The van der Waals surface area contributed by atoms with Crippen molar-refractivity contribution in [1.29, 1.82) is 0 Å². The lowest BCUT2D eigenvalue weighted by molar-refractivity contribution is 0.668. The molecule has 0 fully saturated rings. The number of fused-ring (bicyclic) bond motifs is 6. The van der Waals surface area contributed by atoms with E-state index in [9.17, 15) is 0 Å². The monoisotopic (exact) mass is 1620 g/mol. The topological polar surface area (TPSA) is 32.8 Å². The summed E-state index contributed by atoms with van der Waals surface area (Å²) >= 11 is 0. The molecule has 2 heterocycles. The minimum absolute atomic E-state index is 0.227. The van der Waals surface area contributed by atoms with Gasteiger partial charge in [-0.15, -0.1) is 0 Å². The first kappa shape index (κ1) is 75.3. The zero-order valence-corrected chi connectivity index (χ0v) is 71.6. The third kappa shape index (κ3) is 12.5. The van der Waals surface area contributed by atoms with Gasteiger partial charge in [-0.1, -0.05) is 404 Å². The van der Waals surface area contributed by atoms with Gasteiger partial charge in [0.15, 0.2) is 27.3 Å². The summed E-state index contributed by atoms with van der Waals surface area (Å²) in [5.41, 5.74) is 21.2. The number of hydrogen-bond acceptors (Lipinski definition) is 4. The molecule has 20 aromatic carbocycles. The third-order valence-electron chi connectivity index (χ3n) is 26.1. The molecule has 0 amide bonds. The largest absolute Gasteiger partial charge is 0.454 e. The SMILES string of the molecule is CC(C)c1cc(-c2ccc(N(c3ccccc3-c3cccc([Si](c4ccccc4)(c4ccccc4)c4ccccc4)c3)c3cccc4c3oc3ccccc34)cc2)c2ccc3c(C(C)C)cc(-c4ccc(N(c5ccccc5-c5cccc([Si](c6ccccc6)(c6ccccc6)c6ccccc6)c5)c5cccc6c5oc5ccccc56)cc4)c4ccc1c2c43. The molecular formula is C118H88N2O2Si2. The maximum Gasteiger partial charge on any atom is 0.179 e. The third-order valence-corrected chi connectivity index (χ3v) is 35.6. The van der Waals surface area contributed by atoms with Crippen LogP contribution in [0.15, 0.2) is 458 Å². The summed E-state index contributed by atoms with van der Waals surface area (Å²) < 4.78 is 14.1. The Morgan fingerprint density at radius 1 is 0.202 bits per heavy atom. The Balaban J connectivity index is 0.683. The minimum atomic E-state index is -2.91. The number of furan rings is 2. The zero-order chi connectivity index (χ0) is 83.0. The van der Waals surface area contributed by atoms with Crippen LogP contribution in [0.3, 0.4) is 0 Å². The van der Waals surface area contributed by atoms with E-state index in [2.05, 4.69) is 486 Å². The van der Waals surface area contributed by atoms with Gasteiger partial charge in [0.05, 0.1) is 22.7 Å². The number of para-hydroxylation sites is 6. The summed E-state index contributed by atoms with van der Waals surface area (Å²) in [6.45, 7) is 9.41. The Labute approximate surface area is 725 Å². The van der Waals surface area contributed by atoms with Crippen molar-refractivity contribution in [3.05, 3.63) is 460 Å². The molecule has 0 aliphatic heterocycles. The van der Waals surface area contributed by atoms with E-state index in [1.807, 2.05) is 0 Å². The Kier molecular flexibility index (Phi) is 19.0. The highest BCUT2D eigenvalue weighted by Gasteiger charge is 2.44. The standard InChI is InChI=1S/C118H88N2O2Si2/c1-79(2)105-77-107(81-63-67-85(68-64-81)119(111-59-33-55-103-97-53-25-29-61-113(97)121-117(103)111)109-57-27-23-51-95(109)83-35-31-49-93(75-83)123(87-37-11-5-12-38-87,88-39-13-6-14-40-88)89-41-15-7-16-42-89)101-74-72-100-106(80(3)4)78-108(102-73-71-99(105)115(101)116(100)102)82-65-69-86(70-66-82)120(112-60-34-56-104-98-54-26-30-62-114(98)122-118(104)112)110-58-28-24-52-96(110)84-36-32-50-94(76-84)124(90-43-17-8-18-44-90,91-45-19-9-20-46-91)92-47-21-10-22-48-92/h5-80H,1-4H3. The molecule has 4 nitrogen and oxygen atoms in total. The predicted octanol–water partition coefficient (Wildman–Crippen LogP) is 27.0. The first-order valence-corrected chi connectivity index (χ1v) is 47.3. The average molecular weight is 1620 g/mol. The number of benzene rings is 20. The molecule has 22 aromatic rings. The van der Waals surface area contributed by atoms with Crippen LogP contribution in [0.1, 0.15) is 50.7 Å². The fraction of sp³-hybridized carbons (Fsp3) is 0.0508. The summed E-state index contributed by atoms with van der Waals surface area (Å²) in [7, 11) is -5.83. The van der Waals surface area contributed by atoms with Crippen LogP contribution in [0.2, 0.25) is 0 Å². The highest BCUT2D eigenvalue weighted by atomic mass is 28.3. The van der Waals surface area contributed by atoms with E-state index < -0.39 is 16.1 Å². The molecule has 22 rings (SSSR count). The second-order valence-corrected chi connectivity index (χ2v) is 41.2. The Hall–Kier alpha value is -14.9. The van der Waals surface area contributed by atoms with Crippen LogP contribution >= 0.6 is 0 Å². The Bertz CT molecular complexity index is 7070. The van der Waals surface area contributed by atoms with E-state index in [-0.39, 0.29) is 11.8 Å². The molecule has 0 spiro atoms. The Morgan fingerprint density at radius 2 is 0.484 bits per heavy atom. The highest BCUT2D eigenvalue weighted by Crippen LogP contribution is 2.52. The van der Waals surface area contributed by atoms with Crippen molar-refractivity contribution < 1.29 is 8.83 Å². The molecule has 0 saturated carbocycles. The van der Waals surface area contributed by atoms with Crippen molar-refractivity contribution in [2.24, 2.45) is 0 Å². The second kappa shape index (κ2) is 31.3. The molecule has 6 heteroatoms. The van der Waals surface area contributed by atoms with Gasteiger partial charge < -0.3 is 18.6 Å². The average Bonchev–Trinajstić information content (AvgIpc) is 0.849. The van der Waals surface area contributed by atoms with E-state index in [0.717, 1.165) is 111 Å². The van der Waals surface area contributed by atoms with Gasteiger partial charge in [0.1, 0.15) is 11.2 Å². The summed E-state index contributed by atoms with van der Waals surface area (Å²) in [5.74, 6) is 0.455. The van der Waals surface area contributed by atoms with Crippen LogP contribution in [0.25, 0.3) is 121 Å². The lowest BCUT2D eigenvalue weighted by Gasteiger charge is -2.35. The summed E-state index contributed by atoms with van der Waals surface area (Å²) in [5, 5.41) is 22.6. The van der Waals surface area contributed by atoms with E-state index in [0.29, 0.717) is 0 Å². The first-order valence-electron chi connectivity index (χ1n) is 43.3. The highest BCUT2D eigenvalue weighted by molar-refractivity contribution is 7.20. The van der Waals surface area contributed by atoms with Gasteiger partial charge in [-0.2, -0.15) is 0 Å². The number of hydrogen-bond donors (Lipinski definition) is 0. The van der Waals surface area contributed by atoms with Gasteiger partial charge in [0, 0.05) is 44.0 Å². The fourth-order valence-corrected chi connectivity index (χ4v) is 30.1. The first-order chi connectivity index (χ1) is 61.2. The van der Waals surface area contributed by atoms with Gasteiger partial charge >= 0.3 is 0 Å². The smallest absolute Gasteiger partial charge is 0.179 e. The molecule has 0 atom stereocenters. The van der Waals surface area contributed by atoms with Crippen molar-refractivity contribution in [2.75, 3.05) is 9.80 Å². The molecule has 0 N–H and O–H groups in total. The van der Waals surface area contributed by atoms with Crippen LogP contribution in [0.5, 0.6) is 0 Å². The van der Waals surface area contributed by atoms with Crippen molar-refractivity contribution in [3.8, 4) is 44.5 Å². The Morgan fingerprint density at radius 3 is 0.831 bits per heavy atom. The lowest BCUT2D eigenvalue weighted by Crippen LogP contribution is -2.74. The zero-order valence-electron chi connectivity index (χ0n) is 69.6. The molecule has 124 heavy (non-hydrogen) atoms. The van der Waals surface area contributed by atoms with Gasteiger partial charge in [-0.25, -0.2) is 0 Å². The summed E-state index contributed by atoms with van der Waals surface area (Å²) in [6, 6.07) is 168. The lowest BCUT2D eigenvalue weighted by atomic mass is 9.81. The fourth-order valence-electron chi connectivity index (χ4n) is 20.5. The summed E-state index contributed by atoms with van der Waals surface area (Å²) in [6.07, 6.45) is 0. The van der Waals surface area contributed by atoms with E-state index in [1.54, 1.807) is 0 Å². The van der Waals surface area contributed by atoms with E-state index in [4.69, 9.17) is 8.83 Å². The molecule has 2 aromatic heterocycles.